The Hall–Kier alpha value is -0.610. The van der Waals surface area contributed by atoms with Crippen LogP contribution < -0.4 is 10.6 Å². The van der Waals surface area contributed by atoms with Gasteiger partial charge < -0.3 is 10.6 Å². The van der Waals surface area contributed by atoms with Gasteiger partial charge in [0.15, 0.2) is 5.11 Å². The molecule has 1 aromatic carbocycles. The Kier molecular flexibility index (Phi) is 3.81. The molecular formula is C15H19BrN2S. The van der Waals surface area contributed by atoms with Crippen LogP contribution in [0.4, 0.5) is 5.69 Å². The molecule has 3 atom stereocenters. The third kappa shape index (κ3) is 2.95. The molecule has 4 heteroatoms. The minimum absolute atomic E-state index is 0.593. The van der Waals surface area contributed by atoms with Crippen LogP contribution >= 0.6 is 28.1 Å². The molecule has 2 aliphatic carbocycles. The van der Waals surface area contributed by atoms with Crippen LogP contribution in [0.5, 0.6) is 0 Å². The minimum Gasteiger partial charge on any atom is -0.359 e. The average Bonchev–Trinajstić information content (AvgIpc) is 2.96. The normalized spacial score (nSPS) is 28.4. The molecule has 0 radical (unpaired) electrons. The number of benzene rings is 1. The Labute approximate surface area is 128 Å². The van der Waals surface area contributed by atoms with Gasteiger partial charge in [0.2, 0.25) is 0 Å². The maximum absolute atomic E-state index is 5.43. The van der Waals surface area contributed by atoms with Crippen LogP contribution in [0, 0.1) is 18.8 Å². The molecule has 102 valence electrons. The molecule has 0 saturated heterocycles. The molecule has 0 heterocycles. The number of thiocarbonyl (C=S) groups is 1. The molecule has 0 spiro atoms. The Morgan fingerprint density at radius 3 is 2.79 bits per heavy atom. The number of hydrogen-bond acceptors (Lipinski definition) is 1. The summed E-state index contributed by atoms with van der Waals surface area (Å²) in [5.74, 6) is 1.79. The Bertz CT molecular complexity index is 503. The molecule has 2 bridgehead atoms. The summed E-state index contributed by atoms with van der Waals surface area (Å²) in [6.07, 6.45) is 5.50. The average molecular weight is 339 g/mol. The number of halogens is 1. The zero-order chi connectivity index (χ0) is 13.4. The van der Waals surface area contributed by atoms with E-state index in [9.17, 15) is 0 Å². The monoisotopic (exact) mass is 338 g/mol. The third-order valence-electron chi connectivity index (χ3n) is 4.47. The summed E-state index contributed by atoms with van der Waals surface area (Å²) in [7, 11) is 0. The van der Waals surface area contributed by atoms with E-state index in [1.165, 1.54) is 31.2 Å². The van der Waals surface area contributed by atoms with Gasteiger partial charge in [0, 0.05) is 16.2 Å². The molecular weight excluding hydrogens is 320 g/mol. The fourth-order valence-electron chi connectivity index (χ4n) is 3.48. The van der Waals surface area contributed by atoms with Crippen LogP contribution in [0.2, 0.25) is 0 Å². The van der Waals surface area contributed by atoms with E-state index in [2.05, 4.69) is 45.6 Å². The lowest BCUT2D eigenvalue weighted by Gasteiger charge is -2.24. The molecule has 0 unspecified atom stereocenters. The summed E-state index contributed by atoms with van der Waals surface area (Å²) in [6.45, 7) is 2.08. The summed E-state index contributed by atoms with van der Waals surface area (Å²) >= 11 is 8.94. The van der Waals surface area contributed by atoms with Gasteiger partial charge in [-0.15, -0.1) is 0 Å². The molecule has 0 aliphatic heterocycles. The summed E-state index contributed by atoms with van der Waals surface area (Å²) in [4.78, 5) is 0. The molecule has 2 nitrogen and oxygen atoms in total. The number of rotatable bonds is 2. The van der Waals surface area contributed by atoms with E-state index in [0.717, 1.165) is 27.1 Å². The van der Waals surface area contributed by atoms with Crippen molar-refractivity contribution in [3.8, 4) is 0 Å². The Balaban J connectivity index is 1.57. The van der Waals surface area contributed by atoms with Crippen molar-refractivity contribution in [2.45, 2.75) is 38.6 Å². The van der Waals surface area contributed by atoms with Crippen LogP contribution in [-0.2, 0) is 0 Å². The van der Waals surface area contributed by atoms with E-state index in [0.29, 0.717) is 6.04 Å². The van der Waals surface area contributed by atoms with Crippen molar-refractivity contribution >= 4 is 38.9 Å². The molecule has 1 aromatic rings. The van der Waals surface area contributed by atoms with Crippen LogP contribution in [0.25, 0.3) is 0 Å². The first-order valence-corrected chi connectivity index (χ1v) is 8.15. The zero-order valence-corrected chi connectivity index (χ0v) is 13.5. The number of nitrogens with one attached hydrogen (secondary N) is 2. The standard InChI is InChI=1S/C15H19BrN2S/c1-9-6-12(4-5-13(9)16)17-15(19)18-14-8-10-2-3-11(14)7-10/h4-6,10-11,14H,2-3,7-8H2,1H3,(H2,17,18,19)/t10-,11-,14-/m0/s1. The first-order chi connectivity index (χ1) is 9.11. The van der Waals surface area contributed by atoms with E-state index in [4.69, 9.17) is 12.2 Å². The Morgan fingerprint density at radius 2 is 2.16 bits per heavy atom. The van der Waals surface area contributed by atoms with Crippen LogP contribution in [0.3, 0.4) is 0 Å². The van der Waals surface area contributed by atoms with Crippen molar-refractivity contribution in [3.05, 3.63) is 28.2 Å². The molecule has 0 amide bonds. The molecule has 19 heavy (non-hydrogen) atoms. The van der Waals surface area contributed by atoms with Crippen molar-refractivity contribution < 1.29 is 0 Å². The van der Waals surface area contributed by atoms with Gasteiger partial charge in [-0.1, -0.05) is 22.4 Å². The fourth-order valence-corrected chi connectivity index (χ4v) is 4.00. The van der Waals surface area contributed by atoms with Crippen molar-refractivity contribution in [2.75, 3.05) is 5.32 Å². The molecule has 2 fully saturated rings. The lowest BCUT2D eigenvalue weighted by molar-refractivity contribution is 0.392. The van der Waals surface area contributed by atoms with Crippen molar-refractivity contribution in [1.29, 1.82) is 0 Å². The molecule has 2 saturated carbocycles. The van der Waals surface area contributed by atoms with Crippen molar-refractivity contribution in [3.63, 3.8) is 0 Å². The van der Waals surface area contributed by atoms with Crippen LogP contribution in [0.15, 0.2) is 22.7 Å². The van der Waals surface area contributed by atoms with Gasteiger partial charge >= 0.3 is 0 Å². The maximum atomic E-state index is 5.43. The number of aryl methyl sites for hydroxylation is 1. The molecule has 2 aliphatic rings. The van der Waals surface area contributed by atoms with Crippen molar-refractivity contribution in [1.82, 2.24) is 5.32 Å². The van der Waals surface area contributed by atoms with E-state index < -0.39 is 0 Å². The van der Waals surface area contributed by atoms with Gasteiger partial charge in [-0.2, -0.15) is 0 Å². The van der Waals surface area contributed by atoms with E-state index in [1.54, 1.807) is 0 Å². The SMILES string of the molecule is Cc1cc(NC(=S)N[C@H]2C[C@H]3CC[C@H]2C3)ccc1Br. The van der Waals surface area contributed by atoms with Gasteiger partial charge in [0.05, 0.1) is 0 Å². The van der Waals surface area contributed by atoms with E-state index >= 15 is 0 Å². The largest absolute Gasteiger partial charge is 0.359 e. The lowest BCUT2D eigenvalue weighted by atomic mass is 9.96. The van der Waals surface area contributed by atoms with Gasteiger partial charge in [0.25, 0.3) is 0 Å². The lowest BCUT2D eigenvalue weighted by Crippen LogP contribution is -2.40. The highest BCUT2D eigenvalue weighted by Crippen LogP contribution is 2.44. The summed E-state index contributed by atoms with van der Waals surface area (Å²) in [5, 5.41) is 7.56. The summed E-state index contributed by atoms with van der Waals surface area (Å²) in [6, 6.07) is 6.80. The van der Waals surface area contributed by atoms with Gasteiger partial charge in [-0.3, -0.25) is 0 Å². The first kappa shape index (κ1) is 13.4. The smallest absolute Gasteiger partial charge is 0.171 e. The second-order valence-electron chi connectivity index (χ2n) is 5.84. The third-order valence-corrected chi connectivity index (χ3v) is 5.58. The van der Waals surface area contributed by atoms with Crippen molar-refractivity contribution in [2.24, 2.45) is 11.8 Å². The predicted octanol–water partition coefficient (Wildman–Crippen LogP) is 4.23. The summed E-state index contributed by atoms with van der Waals surface area (Å²) in [5.41, 5.74) is 2.27. The zero-order valence-electron chi connectivity index (χ0n) is 11.1. The van der Waals surface area contributed by atoms with Crippen LogP contribution in [0.1, 0.15) is 31.2 Å². The second kappa shape index (κ2) is 5.41. The highest BCUT2D eigenvalue weighted by Gasteiger charge is 2.39. The molecule has 3 rings (SSSR count). The fraction of sp³-hybridized carbons (Fsp3) is 0.533. The Morgan fingerprint density at radius 1 is 1.32 bits per heavy atom. The highest BCUT2D eigenvalue weighted by molar-refractivity contribution is 9.10. The topological polar surface area (TPSA) is 24.1 Å². The van der Waals surface area contributed by atoms with Crippen LogP contribution in [-0.4, -0.2) is 11.2 Å². The number of anilines is 1. The minimum atomic E-state index is 0.593. The van der Waals surface area contributed by atoms with Gasteiger partial charge in [-0.05, 0) is 74.0 Å². The molecule has 0 aromatic heterocycles. The molecule has 2 N–H and O–H groups in total. The predicted molar refractivity (Wildman–Crippen MR) is 87.5 cm³/mol. The second-order valence-corrected chi connectivity index (χ2v) is 7.11. The van der Waals surface area contributed by atoms with E-state index in [-0.39, 0.29) is 0 Å². The van der Waals surface area contributed by atoms with Gasteiger partial charge in [-0.25, -0.2) is 0 Å². The number of hydrogen-bond donors (Lipinski definition) is 2. The maximum Gasteiger partial charge on any atom is 0.171 e. The quantitative estimate of drug-likeness (QED) is 0.789. The first-order valence-electron chi connectivity index (χ1n) is 6.95. The highest BCUT2D eigenvalue weighted by atomic mass is 79.9. The van der Waals surface area contributed by atoms with Gasteiger partial charge in [0.1, 0.15) is 0 Å². The number of fused-ring (bicyclic) bond motifs is 2. The van der Waals surface area contributed by atoms with E-state index in [1.807, 2.05) is 6.07 Å². The summed E-state index contributed by atoms with van der Waals surface area (Å²) < 4.78 is 1.13.